The van der Waals surface area contributed by atoms with E-state index in [0.717, 1.165) is 25.0 Å². The molecule has 1 fully saturated rings. The molecule has 0 spiro atoms. The third-order valence-electron chi connectivity index (χ3n) is 3.52. The van der Waals surface area contributed by atoms with Crippen molar-refractivity contribution in [1.29, 1.82) is 0 Å². The van der Waals surface area contributed by atoms with E-state index in [1.165, 1.54) is 0 Å². The van der Waals surface area contributed by atoms with Gasteiger partial charge in [0.2, 0.25) is 17.6 Å². The summed E-state index contributed by atoms with van der Waals surface area (Å²) in [5.41, 5.74) is 0.841. The Hall–Kier alpha value is -2.28. The van der Waals surface area contributed by atoms with E-state index < -0.39 is 0 Å². The van der Waals surface area contributed by atoms with Crippen LogP contribution < -0.4 is 5.32 Å². The van der Waals surface area contributed by atoms with Crippen LogP contribution in [0.2, 0.25) is 0 Å². The fourth-order valence-corrected chi connectivity index (χ4v) is 2.32. The van der Waals surface area contributed by atoms with Crippen molar-refractivity contribution in [2.45, 2.75) is 31.8 Å². The molecule has 3 rings (SSSR count). The third kappa shape index (κ3) is 3.88. The lowest BCUT2D eigenvalue weighted by atomic mass is 10.2. The van der Waals surface area contributed by atoms with Gasteiger partial charge in [-0.3, -0.25) is 9.78 Å². The van der Waals surface area contributed by atoms with E-state index in [2.05, 4.69) is 20.4 Å². The topological polar surface area (TPSA) is 90.1 Å². The molecular weight excluding hydrogens is 284 g/mol. The highest BCUT2D eigenvalue weighted by Crippen LogP contribution is 2.14. The lowest BCUT2D eigenvalue weighted by Gasteiger charge is -2.09. The van der Waals surface area contributed by atoms with Crippen molar-refractivity contribution in [3.63, 3.8) is 0 Å². The molecule has 0 bridgehead atoms. The first-order valence-electron chi connectivity index (χ1n) is 7.42. The van der Waals surface area contributed by atoms with Crippen molar-refractivity contribution >= 4 is 5.91 Å². The molecule has 7 nitrogen and oxygen atoms in total. The molecule has 0 unspecified atom stereocenters. The lowest BCUT2D eigenvalue weighted by molar-refractivity contribution is -0.121. The van der Waals surface area contributed by atoms with Crippen molar-refractivity contribution in [3.05, 3.63) is 30.4 Å². The Kier molecular flexibility index (Phi) is 4.75. The quantitative estimate of drug-likeness (QED) is 0.866. The van der Waals surface area contributed by atoms with Crippen LogP contribution in [0.15, 0.2) is 29.0 Å². The zero-order valence-corrected chi connectivity index (χ0v) is 12.2. The molecule has 0 aliphatic carbocycles. The molecule has 2 aromatic heterocycles. The van der Waals surface area contributed by atoms with Gasteiger partial charge in [0.1, 0.15) is 0 Å². The van der Waals surface area contributed by atoms with Crippen LogP contribution in [-0.4, -0.2) is 40.3 Å². The highest BCUT2D eigenvalue weighted by Gasteiger charge is 2.16. The second kappa shape index (κ2) is 7.13. The van der Waals surface area contributed by atoms with Gasteiger partial charge in [-0.15, -0.1) is 0 Å². The maximum atomic E-state index is 11.8. The van der Waals surface area contributed by atoms with Crippen LogP contribution in [0, 0.1) is 0 Å². The monoisotopic (exact) mass is 302 g/mol. The number of pyridine rings is 1. The summed E-state index contributed by atoms with van der Waals surface area (Å²) < 4.78 is 10.6. The molecule has 1 N–H and O–H groups in total. The van der Waals surface area contributed by atoms with E-state index in [1.54, 1.807) is 12.4 Å². The molecule has 0 saturated carbocycles. The van der Waals surface area contributed by atoms with Crippen molar-refractivity contribution in [1.82, 2.24) is 20.4 Å². The van der Waals surface area contributed by atoms with Gasteiger partial charge in [-0.2, -0.15) is 4.98 Å². The first-order valence-corrected chi connectivity index (χ1v) is 7.42. The van der Waals surface area contributed by atoms with Crippen molar-refractivity contribution < 1.29 is 14.1 Å². The Labute approximate surface area is 128 Å². The average molecular weight is 302 g/mol. The SMILES string of the molecule is O=C(CCc1nc(-c2ccncc2)no1)NC[C@H]1CCCO1. The summed E-state index contributed by atoms with van der Waals surface area (Å²) in [7, 11) is 0. The van der Waals surface area contributed by atoms with Gasteiger partial charge >= 0.3 is 0 Å². The van der Waals surface area contributed by atoms with Gasteiger partial charge < -0.3 is 14.6 Å². The van der Waals surface area contributed by atoms with E-state index >= 15 is 0 Å². The summed E-state index contributed by atoms with van der Waals surface area (Å²) in [6.45, 7) is 1.37. The summed E-state index contributed by atoms with van der Waals surface area (Å²) in [4.78, 5) is 20.0. The first kappa shape index (κ1) is 14.6. The van der Waals surface area contributed by atoms with Gasteiger partial charge in [0.15, 0.2) is 0 Å². The Morgan fingerprint density at radius 3 is 3.00 bits per heavy atom. The highest BCUT2D eigenvalue weighted by molar-refractivity contribution is 5.76. The smallest absolute Gasteiger partial charge is 0.227 e. The van der Waals surface area contributed by atoms with Crippen LogP contribution in [0.3, 0.4) is 0 Å². The predicted octanol–water partition coefficient (Wildman–Crippen LogP) is 1.36. The van der Waals surface area contributed by atoms with Gasteiger partial charge in [0.25, 0.3) is 0 Å². The fourth-order valence-electron chi connectivity index (χ4n) is 2.32. The second-order valence-electron chi connectivity index (χ2n) is 5.19. The van der Waals surface area contributed by atoms with Gasteiger partial charge in [-0.1, -0.05) is 5.16 Å². The van der Waals surface area contributed by atoms with Crippen LogP contribution in [-0.2, 0) is 16.0 Å². The Bertz CT molecular complexity index is 608. The lowest BCUT2D eigenvalue weighted by Crippen LogP contribution is -2.31. The maximum absolute atomic E-state index is 11.8. The second-order valence-corrected chi connectivity index (χ2v) is 5.19. The first-order chi connectivity index (χ1) is 10.8. The minimum absolute atomic E-state index is 0.0286. The van der Waals surface area contributed by atoms with E-state index in [-0.39, 0.29) is 12.0 Å². The Morgan fingerprint density at radius 1 is 1.36 bits per heavy atom. The summed E-state index contributed by atoms with van der Waals surface area (Å²) >= 11 is 0. The van der Waals surface area contributed by atoms with Crippen LogP contribution in [0.4, 0.5) is 0 Å². The molecule has 1 saturated heterocycles. The number of amides is 1. The summed E-state index contributed by atoms with van der Waals surface area (Å²) in [5, 5.41) is 6.78. The number of aryl methyl sites for hydroxylation is 1. The number of nitrogens with one attached hydrogen (secondary N) is 1. The van der Waals surface area contributed by atoms with E-state index in [0.29, 0.717) is 31.1 Å². The number of hydrogen-bond acceptors (Lipinski definition) is 6. The number of ether oxygens (including phenoxy) is 1. The minimum Gasteiger partial charge on any atom is -0.376 e. The minimum atomic E-state index is -0.0286. The molecule has 0 aromatic carbocycles. The molecule has 7 heteroatoms. The summed E-state index contributed by atoms with van der Waals surface area (Å²) in [5.74, 6) is 0.940. The molecule has 0 radical (unpaired) electrons. The highest BCUT2D eigenvalue weighted by atomic mass is 16.5. The van der Waals surface area contributed by atoms with E-state index in [4.69, 9.17) is 9.26 Å². The van der Waals surface area contributed by atoms with Crippen LogP contribution in [0.1, 0.15) is 25.2 Å². The maximum Gasteiger partial charge on any atom is 0.227 e. The predicted molar refractivity (Wildman–Crippen MR) is 77.8 cm³/mol. The normalized spacial score (nSPS) is 17.5. The number of carbonyl (C=O) groups excluding carboxylic acids is 1. The van der Waals surface area contributed by atoms with Gasteiger partial charge in [0, 0.05) is 44.0 Å². The number of nitrogens with zero attached hydrogens (tertiary/aromatic N) is 3. The average Bonchev–Trinajstić information content (AvgIpc) is 3.23. The van der Waals surface area contributed by atoms with E-state index in [9.17, 15) is 4.79 Å². The van der Waals surface area contributed by atoms with Crippen molar-refractivity contribution in [2.24, 2.45) is 0 Å². The molecule has 116 valence electrons. The standard InChI is InChI=1S/C15H18N4O3/c20-13(17-10-12-2-1-9-21-12)3-4-14-18-15(19-22-14)11-5-7-16-8-6-11/h5-8,12H,1-4,9-10H2,(H,17,20)/t12-/m1/s1. The molecular formula is C15H18N4O3. The molecule has 1 atom stereocenters. The number of aromatic nitrogens is 3. The zero-order chi connectivity index (χ0) is 15.2. The zero-order valence-electron chi connectivity index (χ0n) is 12.2. The van der Waals surface area contributed by atoms with Crippen LogP contribution in [0.5, 0.6) is 0 Å². The molecule has 1 aliphatic rings. The Balaban J connectivity index is 1.45. The Morgan fingerprint density at radius 2 is 2.23 bits per heavy atom. The molecule has 2 aromatic rings. The summed E-state index contributed by atoms with van der Waals surface area (Å²) in [6.07, 6.45) is 6.33. The van der Waals surface area contributed by atoms with Crippen molar-refractivity contribution in [2.75, 3.05) is 13.2 Å². The van der Waals surface area contributed by atoms with E-state index in [1.807, 2.05) is 12.1 Å². The molecule has 22 heavy (non-hydrogen) atoms. The largest absolute Gasteiger partial charge is 0.376 e. The van der Waals surface area contributed by atoms with Gasteiger partial charge in [-0.25, -0.2) is 0 Å². The third-order valence-corrected chi connectivity index (χ3v) is 3.52. The van der Waals surface area contributed by atoms with Crippen molar-refractivity contribution in [3.8, 4) is 11.4 Å². The number of carbonyl (C=O) groups is 1. The number of rotatable bonds is 6. The van der Waals surface area contributed by atoms with Gasteiger partial charge in [0.05, 0.1) is 6.10 Å². The fraction of sp³-hybridized carbons (Fsp3) is 0.467. The number of hydrogen-bond donors (Lipinski definition) is 1. The van der Waals surface area contributed by atoms with Gasteiger partial charge in [-0.05, 0) is 25.0 Å². The summed E-state index contributed by atoms with van der Waals surface area (Å²) in [6, 6.07) is 3.62. The van der Waals surface area contributed by atoms with Crippen LogP contribution in [0.25, 0.3) is 11.4 Å². The molecule has 1 amide bonds. The molecule has 1 aliphatic heterocycles. The van der Waals surface area contributed by atoms with Crippen LogP contribution >= 0.6 is 0 Å². The molecule has 3 heterocycles.